The maximum absolute atomic E-state index is 13.2. The van der Waals surface area contributed by atoms with E-state index in [4.69, 9.17) is 4.74 Å². The largest absolute Gasteiger partial charge is 0.469 e. The van der Waals surface area contributed by atoms with E-state index in [0.29, 0.717) is 6.42 Å². The van der Waals surface area contributed by atoms with Crippen LogP contribution in [0, 0.1) is 19.8 Å². The number of carbonyl (C=O) groups is 2. The second-order valence-corrected chi connectivity index (χ2v) is 10.4. The molecule has 1 saturated heterocycles. The quantitative estimate of drug-likeness (QED) is 0.281. The summed E-state index contributed by atoms with van der Waals surface area (Å²) in [6.45, 7) is 6.52. The molecule has 5 nitrogen and oxygen atoms in total. The normalized spacial score (nSPS) is 14.8. The SMILES string of the molecule is COC(=O)Cc1ccc(C)c(C(=O)CCCN2CCC(C(O)(c3ccccc3)c3ccccc3)CC2)c1C. The monoisotopic (exact) mass is 513 g/mol. The summed E-state index contributed by atoms with van der Waals surface area (Å²) >= 11 is 0. The highest BCUT2D eigenvalue weighted by molar-refractivity contribution is 5.99. The van der Waals surface area contributed by atoms with E-state index in [9.17, 15) is 14.7 Å². The van der Waals surface area contributed by atoms with Crippen molar-refractivity contribution in [3.8, 4) is 0 Å². The molecule has 0 amide bonds. The summed E-state index contributed by atoms with van der Waals surface area (Å²) < 4.78 is 4.81. The van der Waals surface area contributed by atoms with Gasteiger partial charge in [-0.15, -0.1) is 0 Å². The van der Waals surface area contributed by atoms with Crippen molar-refractivity contribution in [1.82, 2.24) is 4.90 Å². The molecule has 1 aliphatic rings. The van der Waals surface area contributed by atoms with Crippen molar-refractivity contribution in [2.45, 2.75) is 51.6 Å². The van der Waals surface area contributed by atoms with Crippen molar-refractivity contribution in [2.75, 3.05) is 26.7 Å². The number of ether oxygens (including phenoxy) is 1. The Morgan fingerprint density at radius 2 is 1.50 bits per heavy atom. The number of piperidine rings is 1. The molecule has 1 aliphatic heterocycles. The van der Waals surface area contributed by atoms with Gasteiger partial charge in [0.15, 0.2) is 5.78 Å². The highest BCUT2D eigenvalue weighted by Crippen LogP contribution is 2.41. The van der Waals surface area contributed by atoms with Gasteiger partial charge in [0.2, 0.25) is 0 Å². The number of aliphatic hydroxyl groups is 1. The smallest absolute Gasteiger partial charge is 0.309 e. The number of hydrogen-bond acceptors (Lipinski definition) is 5. The van der Waals surface area contributed by atoms with Gasteiger partial charge < -0.3 is 14.7 Å². The van der Waals surface area contributed by atoms with Crippen LogP contribution < -0.4 is 0 Å². The zero-order valence-electron chi connectivity index (χ0n) is 22.8. The van der Waals surface area contributed by atoms with E-state index in [0.717, 1.165) is 72.3 Å². The van der Waals surface area contributed by atoms with Crippen molar-refractivity contribution in [3.05, 3.63) is 106 Å². The number of rotatable bonds is 10. The number of nitrogens with zero attached hydrogens (tertiary/aromatic N) is 1. The molecule has 4 rings (SSSR count). The molecule has 0 spiro atoms. The lowest BCUT2D eigenvalue weighted by atomic mass is 9.72. The van der Waals surface area contributed by atoms with E-state index in [2.05, 4.69) is 4.90 Å². The summed E-state index contributed by atoms with van der Waals surface area (Å²) in [5.41, 5.74) is 4.27. The van der Waals surface area contributed by atoms with E-state index in [-0.39, 0.29) is 24.1 Å². The molecule has 0 unspecified atom stereocenters. The van der Waals surface area contributed by atoms with Gasteiger partial charge in [0.25, 0.3) is 0 Å². The zero-order chi connectivity index (χ0) is 27.1. The van der Waals surface area contributed by atoms with Crippen LogP contribution in [-0.4, -0.2) is 48.5 Å². The van der Waals surface area contributed by atoms with Crippen molar-refractivity contribution >= 4 is 11.8 Å². The number of Topliss-reactive ketones (excluding diaryl/α,β-unsaturated/α-hetero) is 1. The van der Waals surface area contributed by atoms with Crippen molar-refractivity contribution in [3.63, 3.8) is 0 Å². The fraction of sp³-hybridized carbons (Fsp3) is 0.394. The average Bonchev–Trinajstić information content (AvgIpc) is 2.95. The lowest BCUT2D eigenvalue weighted by Gasteiger charge is -2.42. The summed E-state index contributed by atoms with van der Waals surface area (Å²) in [6.07, 6.45) is 3.21. The van der Waals surface area contributed by atoms with Crippen molar-refractivity contribution < 1.29 is 19.4 Å². The molecule has 0 saturated carbocycles. The number of aryl methyl sites for hydroxylation is 1. The number of ketones is 1. The minimum Gasteiger partial charge on any atom is -0.469 e. The topological polar surface area (TPSA) is 66.8 Å². The molecule has 38 heavy (non-hydrogen) atoms. The molecular weight excluding hydrogens is 474 g/mol. The van der Waals surface area contributed by atoms with Crippen LogP contribution in [0.4, 0.5) is 0 Å². The molecule has 1 N–H and O–H groups in total. The fourth-order valence-electron chi connectivity index (χ4n) is 5.92. The van der Waals surface area contributed by atoms with Crippen LogP contribution in [0.25, 0.3) is 0 Å². The predicted octanol–water partition coefficient (Wildman–Crippen LogP) is 5.63. The third kappa shape index (κ3) is 6.06. The van der Waals surface area contributed by atoms with Crippen LogP contribution in [0.1, 0.15) is 63.9 Å². The molecular formula is C33H39NO4. The second kappa shape index (κ2) is 12.5. The highest BCUT2D eigenvalue weighted by Gasteiger charge is 2.41. The molecule has 3 aromatic carbocycles. The Bertz CT molecular complexity index is 1190. The Hall–Kier alpha value is -3.28. The van der Waals surface area contributed by atoms with Gasteiger partial charge in [-0.05, 0) is 86.5 Å². The average molecular weight is 514 g/mol. The molecule has 5 heteroatoms. The molecule has 0 aromatic heterocycles. The van der Waals surface area contributed by atoms with E-state index >= 15 is 0 Å². The van der Waals surface area contributed by atoms with Gasteiger partial charge in [-0.1, -0.05) is 72.8 Å². The number of esters is 1. The first-order valence-electron chi connectivity index (χ1n) is 13.6. The Balaban J connectivity index is 1.36. The van der Waals surface area contributed by atoms with Gasteiger partial charge in [0.1, 0.15) is 5.60 Å². The zero-order valence-corrected chi connectivity index (χ0v) is 22.8. The number of likely N-dealkylation sites (tertiary alicyclic amines) is 1. The number of benzene rings is 3. The van der Waals surface area contributed by atoms with Gasteiger partial charge in [-0.2, -0.15) is 0 Å². The first kappa shape index (κ1) is 27.7. The first-order valence-corrected chi connectivity index (χ1v) is 13.6. The van der Waals surface area contributed by atoms with Crippen LogP contribution in [0.2, 0.25) is 0 Å². The Morgan fingerprint density at radius 1 is 0.921 bits per heavy atom. The molecule has 0 atom stereocenters. The van der Waals surface area contributed by atoms with Gasteiger partial charge >= 0.3 is 5.97 Å². The maximum Gasteiger partial charge on any atom is 0.309 e. The van der Waals surface area contributed by atoms with Gasteiger partial charge in [-0.25, -0.2) is 0 Å². The first-order chi connectivity index (χ1) is 18.3. The van der Waals surface area contributed by atoms with Crippen LogP contribution in [0.15, 0.2) is 72.8 Å². The van der Waals surface area contributed by atoms with Crippen LogP contribution >= 0.6 is 0 Å². The minimum absolute atomic E-state index is 0.119. The van der Waals surface area contributed by atoms with E-state index < -0.39 is 5.60 Å². The van der Waals surface area contributed by atoms with Crippen molar-refractivity contribution in [1.29, 1.82) is 0 Å². The predicted molar refractivity (Wildman–Crippen MR) is 150 cm³/mol. The lowest BCUT2D eigenvalue weighted by molar-refractivity contribution is -0.139. The fourth-order valence-corrected chi connectivity index (χ4v) is 5.92. The second-order valence-electron chi connectivity index (χ2n) is 10.4. The molecule has 1 fully saturated rings. The Kier molecular flexibility index (Phi) is 9.13. The number of hydrogen-bond donors (Lipinski definition) is 1. The molecule has 1 heterocycles. The molecule has 3 aromatic rings. The minimum atomic E-state index is -1.02. The molecule has 0 radical (unpaired) electrons. The third-order valence-corrected chi connectivity index (χ3v) is 8.11. The van der Waals surface area contributed by atoms with Crippen LogP contribution in [-0.2, 0) is 21.6 Å². The number of methoxy groups -OCH3 is 1. The van der Waals surface area contributed by atoms with Crippen LogP contribution in [0.3, 0.4) is 0 Å². The van der Waals surface area contributed by atoms with Crippen molar-refractivity contribution in [2.24, 2.45) is 5.92 Å². The Morgan fingerprint density at radius 3 is 2.05 bits per heavy atom. The highest BCUT2D eigenvalue weighted by atomic mass is 16.5. The summed E-state index contributed by atoms with van der Waals surface area (Å²) in [5.74, 6) is -0.0534. The summed E-state index contributed by atoms with van der Waals surface area (Å²) in [5, 5.41) is 12.1. The summed E-state index contributed by atoms with van der Waals surface area (Å²) in [7, 11) is 1.38. The molecule has 200 valence electrons. The van der Waals surface area contributed by atoms with E-state index in [1.165, 1.54) is 7.11 Å². The summed E-state index contributed by atoms with van der Waals surface area (Å²) in [6, 6.07) is 23.9. The standard InChI is InChI=1S/C33H39NO4/c1-24-16-17-26(23-31(36)38-3)25(2)32(24)30(35)15-10-20-34-21-18-29(19-22-34)33(37,27-11-6-4-7-12-27)28-13-8-5-9-14-28/h4-9,11-14,16-17,29,37H,10,15,18-23H2,1-3H3. The maximum atomic E-state index is 13.2. The lowest BCUT2D eigenvalue weighted by Crippen LogP contribution is -2.44. The van der Waals surface area contributed by atoms with E-state index in [1.54, 1.807) is 0 Å². The van der Waals surface area contributed by atoms with E-state index in [1.807, 2.05) is 86.6 Å². The van der Waals surface area contributed by atoms with Gasteiger partial charge in [-0.3, -0.25) is 9.59 Å². The summed E-state index contributed by atoms with van der Waals surface area (Å²) in [4.78, 5) is 27.3. The molecule has 0 aliphatic carbocycles. The third-order valence-electron chi connectivity index (χ3n) is 8.11. The van der Waals surface area contributed by atoms with Gasteiger partial charge in [0.05, 0.1) is 13.5 Å². The Labute approximate surface area is 226 Å². The van der Waals surface area contributed by atoms with Gasteiger partial charge in [0, 0.05) is 12.0 Å². The number of carbonyl (C=O) groups excluding carboxylic acids is 2. The van der Waals surface area contributed by atoms with Crippen LogP contribution in [0.5, 0.6) is 0 Å². The molecule has 0 bridgehead atoms.